The van der Waals surface area contributed by atoms with Crippen molar-refractivity contribution in [3.8, 4) is 5.75 Å². The van der Waals surface area contributed by atoms with E-state index in [0.717, 1.165) is 5.70 Å². The lowest BCUT2D eigenvalue weighted by molar-refractivity contribution is 0.242. The van der Waals surface area contributed by atoms with Crippen LogP contribution in [0.15, 0.2) is 52.0 Å². The molecule has 0 unspecified atom stereocenters. The Morgan fingerprint density at radius 1 is 1.31 bits per heavy atom. The summed E-state index contributed by atoms with van der Waals surface area (Å²) in [6.45, 7) is 15.3. The minimum absolute atomic E-state index is 0.0839. The van der Waals surface area contributed by atoms with E-state index >= 15 is 0 Å². The van der Waals surface area contributed by atoms with Gasteiger partial charge in [-0.15, -0.1) is 0 Å². The van der Waals surface area contributed by atoms with E-state index in [1.165, 1.54) is 18.5 Å². The van der Waals surface area contributed by atoms with Crippen molar-refractivity contribution in [1.29, 1.82) is 0 Å². The number of aliphatic imine (C=N–C) groups is 2. The van der Waals surface area contributed by atoms with E-state index in [-0.39, 0.29) is 18.0 Å². The van der Waals surface area contributed by atoms with Crippen molar-refractivity contribution in [2.45, 2.75) is 53.7 Å². The van der Waals surface area contributed by atoms with Crippen LogP contribution in [0.1, 0.15) is 41.5 Å². The monoisotopic (exact) mass is 360 g/mol. The first-order valence-electron chi connectivity index (χ1n) is 8.63. The molecule has 5 nitrogen and oxygen atoms in total. The summed E-state index contributed by atoms with van der Waals surface area (Å²) < 4.78 is 19.4. The zero-order valence-corrected chi connectivity index (χ0v) is 16.5. The second-order valence-electron chi connectivity index (χ2n) is 6.28. The molecule has 142 valence electrons. The molecule has 1 N–H and O–H groups in total. The number of benzene rings is 1. The summed E-state index contributed by atoms with van der Waals surface area (Å²) in [7, 11) is 0. The molecule has 0 aliphatic carbocycles. The lowest BCUT2D eigenvalue weighted by atomic mass is 10.2. The molecule has 0 aromatic heterocycles. The molecular weight excluding hydrogens is 331 g/mol. The Morgan fingerprint density at radius 3 is 2.54 bits per heavy atom. The maximum Gasteiger partial charge on any atom is 0.151 e. The Labute approximate surface area is 156 Å². The average Bonchev–Trinajstić information content (AvgIpc) is 2.56. The minimum atomic E-state index is -0.359. The molecule has 0 bridgehead atoms. The summed E-state index contributed by atoms with van der Waals surface area (Å²) in [5.74, 6) is 0.640. The maximum atomic E-state index is 13.6. The summed E-state index contributed by atoms with van der Waals surface area (Å²) in [4.78, 5) is 10.1. The first-order valence-corrected chi connectivity index (χ1v) is 8.63. The molecule has 26 heavy (non-hydrogen) atoms. The van der Waals surface area contributed by atoms with Gasteiger partial charge in [-0.05, 0) is 66.6 Å². The largest absolute Gasteiger partial charge is 0.489 e. The van der Waals surface area contributed by atoms with Crippen LogP contribution >= 0.6 is 0 Å². The Hall–Kier alpha value is -2.63. The fourth-order valence-electron chi connectivity index (χ4n) is 2.35. The summed E-state index contributed by atoms with van der Waals surface area (Å²) in [6.07, 6.45) is 5.22. The van der Waals surface area contributed by atoms with Gasteiger partial charge in [-0.2, -0.15) is 0 Å². The van der Waals surface area contributed by atoms with Gasteiger partial charge in [0.05, 0.1) is 17.5 Å². The standard InChI is InChI=1S/C20H29FN4O/c1-8-11-25(14(2)3)16(6)20(23-13-22-7)24-18-10-9-17(21)12-19(18)26-15(4)5/h8-15,24H,7H2,1-6H3/b11-8-,20-16-,23-13-. The Bertz CT molecular complexity index is 693. The topological polar surface area (TPSA) is 49.2 Å². The predicted molar refractivity (Wildman–Crippen MR) is 108 cm³/mol. The molecule has 0 fully saturated rings. The fourth-order valence-corrected chi connectivity index (χ4v) is 2.35. The highest BCUT2D eigenvalue weighted by Gasteiger charge is 2.14. The van der Waals surface area contributed by atoms with E-state index < -0.39 is 0 Å². The second-order valence-corrected chi connectivity index (χ2v) is 6.28. The fraction of sp³-hybridized carbons (Fsp3) is 0.400. The summed E-state index contributed by atoms with van der Waals surface area (Å²) in [6, 6.07) is 4.60. The number of hydrogen-bond acceptors (Lipinski definition) is 4. The quantitative estimate of drug-likeness (QED) is 0.487. The Balaban J connectivity index is 3.37. The molecule has 0 spiro atoms. The van der Waals surface area contributed by atoms with Crippen molar-refractivity contribution in [3.63, 3.8) is 0 Å². The van der Waals surface area contributed by atoms with Crippen LogP contribution in [0.2, 0.25) is 0 Å². The molecule has 0 saturated carbocycles. The molecule has 0 aliphatic heterocycles. The van der Waals surface area contributed by atoms with E-state index in [1.807, 2.05) is 40.0 Å². The van der Waals surface area contributed by atoms with Crippen molar-refractivity contribution >= 4 is 18.7 Å². The number of hydrogen-bond donors (Lipinski definition) is 1. The summed E-state index contributed by atoms with van der Waals surface area (Å²) in [5.41, 5.74) is 1.51. The number of nitrogens with one attached hydrogen (secondary N) is 1. The van der Waals surface area contributed by atoms with Crippen LogP contribution in [0.25, 0.3) is 0 Å². The van der Waals surface area contributed by atoms with E-state index in [2.05, 4.69) is 40.8 Å². The molecule has 0 saturated heterocycles. The van der Waals surface area contributed by atoms with Crippen LogP contribution in [0, 0.1) is 5.82 Å². The highest BCUT2D eigenvalue weighted by atomic mass is 19.1. The van der Waals surface area contributed by atoms with Crippen molar-refractivity contribution in [2.75, 3.05) is 5.32 Å². The number of allylic oxidation sites excluding steroid dienone is 2. The van der Waals surface area contributed by atoms with Crippen LogP contribution in [0.5, 0.6) is 5.75 Å². The van der Waals surface area contributed by atoms with Crippen LogP contribution in [0.4, 0.5) is 10.1 Å². The number of rotatable bonds is 9. The molecule has 1 rings (SSSR count). The lowest BCUT2D eigenvalue weighted by Gasteiger charge is -2.27. The van der Waals surface area contributed by atoms with Gasteiger partial charge in [-0.3, -0.25) is 4.99 Å². The van der Waals surface area contributed by atoms with E-state index in [1.54, 1.807) is 6.07 Å². The van der Waals surface area contributed by atoms with Crippen LogP contribution in [-0.4, -0.2) is 30.1 Å². The highest BCUT2D eigenvalue weighted by molar-refractivity contribution is 5.66. The SMILES string of the molecule is C=N/C=N\C(Nc1ccc(F)cc1OC(C)C)=C(/C)N(/C=C\C)C(C)C. The molecule has 1 aromatic carbocycles. The molecule has 0 atom stereocenters. The third-order valence-corrected chi connectivity index (χ3v) is 3.42. The van der Waals surface area contributed by atoms with Gasteiger partial charge >= 0.3 is 0 Å². The molecular formula is C20H29FN4O. The van der Waals surface area contributed by atoms with Crippen LogP contribution in [-0.2, 0) is 0 Å². The first kappa shape index (κ1) is 21.4. The first-order chi connectivity index (χ1) is 12.3. The summed E-state index contributed by atoms with van der Waals surface area (Å²) >= 11 is 0. The molecule has 0 amide bonds. The van der Waals surface area contributed by atoms with Crippen LogP contribution < -0.4 is 10.1 Å². The van der Waals surface area contributed by atoms with E-state index in [9.17, 15) is 4.39 Å². The van der Waals surface area contributed by atoms with Crippen molar-refractivity contribution in [1.82, 2.24) is 4.90 Å². The zero-order valence-electron chi connectivity index (χ0n) is 16.5. The average molecular weight is 360 g/mol. The van der Waals surface area contributed by atoms with Crippen molar-refractivity contribution in [3.05, 3.63) is 47.8 Å². The van der Waals surface area contributed by atoms with Gasteiger partial charge in [0.2, 0.25) is 0 Å². The lowest BCUT2D eigenvalue weighted by Crippen LogP contribution is -2.25. The van der Waals surface area contributed by atoms with Gasteiger partial charge in [-0.25, -0.2) is 9.38 Å². The Morgan fingerprint density at radius 2 is 2.00 bits per heavy atom. The highest BCUT2D eigenvalue weighted by Crippen LogP contribution is 2.29. The number of halogens is 1. The van der Waals surface area contributed by atoms with Crippen molar-refractivity contribution < 1.29 is 9.13 Å². The third-order valence-electron chi connectivity index (χ3n) is 3.42. The third kappa shape index (κ3) is 6.35. The molecule has 0 heterocycles. The molecule has 0 radical (unpaired) electrons. The van der Waals surface area contributed by atoms with Gasteiger partial charge in [0.15, 0.2) is 5.82 Å². The van der Waals surface area contributed by atoms with E-state index in [4.69, 9.17) is 4.74 Å². The smallest absolute Gasteiger partial charge is 0.151 e. The number of ether oxygens (including phenoxy) is 1. The zero-order chi connectivity index (χ0) is 19.7. The van der Waals surface area contributed by atoms with Gasteiger partial charge in [0.1, 0.15) is 17.9 Å². The predicted octanol–water partition coefficient (Wildman–Crippen LogP) is 5.19. The van der Waals surface area contributed by atoms with Gasteiger partial charge in [0.25, 0.3) is 0 Å². The molecule has 6 heteroatoms. The Kier molecular flexibility index (Phi) is 8.55. The van der Waals surface area contributed by atoms with Crippen molar-refractivity contribution in [2.24, 2.45) is 9.98 Å². The van der Waals surface area contributed by atoms with Gasteiger partial charge in [0, 0.05) is 12.1 Å². The maximum absolute atomic E-state index is 13.6. The van der Waals surface area contributed by atoms with Crippen LogP contribution in [0.3, 0.4) is 0 Å². The number of anilines is 1. The molecule has 1 aromatic rings. The van der Waals surface area contributed by atoms with E-state index in [0.29, 0.717) is 17.3 Å². The van der Waals surface area contributed by atoms with Gasteiger partial charge < -0.3 is 15.0 Å². The minimum Gasteiger partial charge on any atom is -0.489 e. The van der Waals surface area contributed by atoms with Gasteiger partial charge in [-0.1, -0.05) is 6.08 Å². The summed E-state index contributed by atoms with van der Waals surface area (Å²) in [5, 5.41) is 3.24. The molecule has 0 aliphatic rings. The normalized spacial score (nSPS) is 12.8. The number of nitrogens with zero attached hydrogens (tertiary/aromatic N) is 3. The second kappa shape index (κ2) is 10.4.